The number of nitrogens with zero attached hydrogens (tertiary/aromatic N) is 3. The van der Waals surface area contributed by atoms with Crippen molar-refractivity contribution in [1.82, 2.24) is 0 Å². The number of amidine groups is 1. The van der Waals surface area contributed by atoms with Crippen LogP contribution in [-0.2, 0) is 15.3 Å². The quantitative estimate of drug-likeness (QED) is 0.733. The summed E-state index contributed by atoms with van der Waals surface area (Å²) in [5.41, 5.74) is 5.38. The second-order valence-electron chi connectivity index (χ2n) is 2.47. The summed E-state index contributed by atoms with van der Waals surface area (Å²) in [5, 5.41) is 0.0964. The second kappa shape index (κ2) is 4.69. The Labute approximate surface area is 84.5 Å². The Bertz CT molecular complexity index is 286. The average molecular weight is 223 g/mol. The number of hydrogen-bond acceptors (Lipinski definition) is 5. The molecule has 74 valence electrons. The van der Waals surface area contributed by atoms with Crippen molar-refractivity contribution in [3.8, 4) is 0 Å². The van der Waals surface area contributed by atoms with Crippen molar-refractivity contribution in [2.45, 2.75) is 26.4 Å². The van der Waals surface area contributed by atoms with Crippen LogP contribution in [0.2, 0.25) is 0 Å². The molecule has 0 aromatic rings. The molecule has 0 saturated heterocycles. The van der Waals surface area contributed by atoms with Gasteiger partial charge in [0.2, 0.25) is 11.3 Å². The molecule has 0 amide bonds. The van der Waals surface area contributed by atoms with Crippen molar-refractivity contribution < 1.29 is 4.18 Å². The van der Waals surface area contributed by atoms with Crippen molar-refractivity contribution in [2.75, 3.05) is 0 Å². The zero-order valence-corrected chi connectivity index (χ0v) is 8.97. The molecule has 0 aromatic heterocycles. The fourth-order valence-corrected chi connectivity index (χ4v) is 1.75. The zero-order valence-electron chi connectivity index (χ0n) is 7.40. The normalized spacial score (nSPS) is 24.4. The van der Waals surface area contributed by atoms with E-state index in [-0.39, 0.29) is 17.4 Å². The lowest BCUT2D eigenvalue weighted by Crippen LogP contribution is -2.17. The van der Waals surface area contributed by atoms with E-state index in [4.69, 9.17) is 21.5 Å². The minimum absolute atomic E-state index is 0.0891. The Hall–Kier alpha value is -0.460. The van der Waals surface area contributed by atoms with E-state index in [1.54, 1.807) is 0 Å². The zero-order chi connectivity index (χ0) is 9.84. The maximum absolute atomic E-state index is 5.58. The van der Waals surface area contributed by atoms with Crippen molar-refractivity contribution in [3.63, 3.8) is 0 Å². The van der Waals surface area contributed by atoms with Gasteiger partial charge in [-0.05, 0) is 24.9 Å². The Kier molecular flexibility index (Phi) is 3.83. The summed E-state index contributed by atoms with van der Waals surface area (Å²) in [6, 6.07) is 0. The van der Waals surface area contributed by atoms with Crippen LogP contribution in [0.25, 0.3) is 0 Å². The Morgan fingerprint density at radius 1 is 1.69 bits per heavy atom. The molecular formula is C6H11ClN4OS. The highest BCUT2D eigenvalue weighted by molar-refractivity contribution is 7.81. The van der Waals surface area contributed by atoms with E-state index in [0.717, 1.165) is 6.42 Å². The van der Waals surface area contributed by atoms with Gasteiger partial charge in [0.1, 0.15) is 0 Å². The first-order chi connectivity index (χ1) is 6.11. The highest BCUT2D eigenvalue weighted by Gasteiger charge is 2.09. The molecule has 1 rings (SSSR count). The first-order valence-corrected chi connectivity index (χ1v) is 5.27. The van der Waals surface area contributed by atoms with E-state index in [1.807, 2.05) is 13.8 Å². The van der Waals surface area contributed by atoms with Crippen LogP contribution in [0, 0.1) is 0 Å². The lowest BCUT2D eigenvalue weighted by atomic mass is 10.3. The van der Waals surface area contributed by atoms with Gasteiger partial charge in [0, 0.05) is 0 Å². The molecule has 1 aliphatic rings. The van der Waals surface area contributed by atoms with Crippen molar-refractivity contribution >= 4 is 34.0 Å². The molecule has 0 radical (unpaired) electrons. The highest BCUT2D eigenvalue weighted by Crippen LogP contribution is 2.08. The molecule has 0 fully saturated rings. The van der Waals surface area contributed by atoms with Gasteiger partial charge >= 0.3 is 0 Å². The lowest BCUT2D eigenvalue weighted by molar-refractivity contribution is 0.253. The molecule has 1 aliphatic heterocycles. The van der Waals surface area contributed by atoms with Gasteiger partial charge in [0.25, 0.3) is 0 Å². The van der Waals surface area contributed by atoms with Gasteiger partial charge in [0.15, 0.2) is 11.2 Å². The summed E-state index contributed by atoms with van der Waals surface area (Å²) >= 11 is 4.67. The third kappa shape index (κ3) is 3.41. The topological polar surface area (TPSA) is 72.3 Å². The molecule has 13 heavy (non-hydrogen) atoms. The minimum Gasteiger partial charge on any atom is -0.367 e. The van der Waals surface area contributed by atoms with E-state index in [0.29, 0.717) is 0 Å². The molecule has 5 nitrogen and oxygen atoms in total. The summed E-state index contributed by atoms with van der Waals surface area (Å²) in [6.45, 7) is 3.95. The Morgan fingerprint density at radius 2 is 2.38 bits per heavy atom. The fraction of sp³-hybridized carbons (Fsp3) is 0.667. The largest absolute Gasteiger partial charge is 0.367 e. The van der Waals surface area contributed by atoms with E-state index < -0.39 is 11.2 Å². The number of aliphatic imine (C=N–C) groups is 1. The molecular weight excluding hydrogens is 212 g/mol. The van der Waals surface area contributed by atoms with Crippen LogP contribution in [0.4, 0.5) is 0 Å². The van der Waals surface area contributed by atoms with Gasteiger partial charge in [0.05, 0.1) is 6.10 Å². The summed E-state index contributed by atoms with van der Waals surface area (Å²) in [7, 11) is 0. The van der Waals surface area contributed by atoms with Crippen molar-refractivity contribution in [3.05, 3.63) is 0 Å². The van der Waals surface area contributed by atoms with E-state index in [1.165, 1.54) is 0 Å². The monoisotopic (exact) mass is 222 g/mol. The van der Waals surface area contributed by atoms with E-state index >= 15 is 0 Å². The van der Waals surface area contributed by atoms with Gasteiger partial charge in [-0.2, -0.15) is 4.99 Å². The smallest absolute Gasteiger partial charge is 0.235 e. The third-order valence-electron chi connectivity index (χ3n) is 1.36. The van der Waals surface area contributed by atoms with Crippen molar-refractivity contribution in [1.29, 1.82) is 0 Å². The van der Waals surface area contributed by atoms with Crippen LogP contribution in [0.15, 0.2) is 13.8 Å². The maximum atomic E-state index is 5.58. The van der Waals surface area contributed by atoms with Crippen LogP contribution < -0.4 is 5.73 Å². The SMILES string of the molecule is CCC(C)OS1=NC(N)=NC(Cl)=N1. The number of rotatable bonds is 3. The summed E-state index contributed by atoms with van der Waals surface area (Å²) in [6.07, 6.45) is 0.981. The third-order valence-corrected chi connectivity index (χ3v) is 2.80. The molecule has 2 atom stereocenters. The summed E-state index contributed by atoms with van der Waals surface area (Å²) in [5.74, 6) is 0.117. The molecule has 0 saturated carbocycles. The summed E-state index contributed by atoms with van der Waals surface area (Å²) < 4.78 is 13.2. The molecule has 1 heterocycles. The number of guanidine groups is 1. The first-order valence-electron chi connectivity index (χ1n) is 3.83. The van der Waals surface area contributed by atoms with Gasteiger partial charge < -0.3 is 5.73 Å². The number of halogens is 1. The van der Waals surface area contributed by atoms with E-state index in [9.17, 15) is 0 Å². The highest BCUT2D eigenvalue weighted by atomic mass is 35.5. The Morgan fingerprint density at radius 3 is 2.92 bits per heavy atom. The predicted molar refractivity (Wildman–Crippen MR) is 55.5 cm³/mol. The molecule has 2 unspecified atom stereocenters. The summed E-state index contributed by atoms with van der Waals surface area (Å²) in [4.78, 5) is 3.64. The van der Waals surface area contributed by atoms with Crippen molar-refractivity contribution in [2.24, 2.45) is 19.5 Å². The van der Waals surface area contributed by atoms with Crippen LogP contribution in [0.3, 0.4) is 0 Å². The molecule has 7 heteroatoms. The average Bonchev–Trinajstić information content (AvgIpc) is 2.02. The van der Waals surface area contributed by atoms with Crippen LogP contribution in [-0.4, -0.2) is 17.4 Å². The van der Waals surface area contributed by atoms with Gasteiger partial charge in [-0.3, -0.25) is 4.18 Å². The van der Waals surface area contributed by atoms with Gasteiger partial charge in [-0.15, -0.1) is 8.76 Å². The first kappa shape index (κ1) is 10.6. The van der Waals surface area contributed by atoms with E-state index in [2.05, 4.69) is 13.8 Å². The molecule has 0 spiro atoms. The molecule has 2 N–H and O–H groups in total. The van der Waals surface area contributed by atoms with Crippen LogP contribution >= 0.6 is 11.6 Å². The fourth-order valence-electron chi connectivity index (χ4n) is 0.558. The van der Waals surface area contributed by atoms with Gasteiger partial charge in [-0.25, -0.2) is 0 Å². The Balaban J connectivity index is 2.67. The second-order valence-corrected chi connectivity index (χ2v) is 3.82. The van der Waals surface area contributed by atoms with Crippen LogP contribution in [0.5, 0.6) is 0 Å². The lowest BCUT2D eigenvalue weighted by Gasteiger charge is -2.11. The maximum Gasteiger partial charge on any atom is 0.235 e. The minimum atomic E-state index is -0.910. The standard InChI is InChI=1S/C6H11ClN4OS/c1-3-4(2)12-13-10-5(7)9-6(8)11-13/h4H,3H2,1-2H3,(H2,8,9,10,11). The van der Waals surface area contributed by atoms with Crippen LogP contribution in [0.1, 0.15) is 20.3 Å². The predicted octanol–water partition coefficient (Wildman–Crippen LogP) is 1.36. The van der Waals surface area contributed by atoms with Gasteiger partial charge in [-0.1, -0.05) is 6.92 Å². The molecule has 0 bridgehead atoms. The number of nitrogens with two attached hydrogens (primary N) is 1. The molecule has 0 aliphatic carbocycles. The number of hydrogen-bond donors (Lipinski definition) is 1. The molecule has 0 aromatic carbocycles.